The number of hydrogen-bond acceptors (Lipinski definition) is 5. The zero-order valence-corrected chi connectivity index (χ0v) is 20.7. The lowest BCUT2D eigenvalue weighted by atomic mass is 10.1. The maximum absolute atomic E-state index is 14.3. The van der Waals surface area contributed by atoms with Crippen LogP contribution in [0.15, 0.2) is 80.0 Å². The van der Waals surface area contributed by atoms with Gasteiger partial charge in [-0.15, -0.1) is 0 Å². The fraction of sp³-hybridized carbons (Fsp3) is 0.120. The van der Waals surface area contributed by atoms with Crippen LogP contribution >= 0.6 is 15.9 Å². The predicted molar refractivity (Wildman–Crippen MR) is 135 cm³/mol. The van der Waals surface area contributed by atoms with Gasteiger partial charge in [-0.1, -0.05) is 22.0 Å². The molecule has 1 aromatic carbocycles. The maximum Gasteiger partial charge on any atom is 0.725 e. The number of nitrogens with zero attached hydrogens (tertiary/aromatic N) is 1. The van der Waals surface area contributed by atoms with E-state index < -0.39 is 12.7 Å². The highest BCUT2D eigenvalue weighted by atomic mass is 79.9. The van der Waals surface area contributed by atoms with Crippen LogP contribution in [-0.2, 0) is 4.65 Å². The van der Waals surface area contributed by atoms with Gasteiger partial charge in [0, 0.05) is 28.3 Å². The van der Waals surface area contributed by atoms with Gasteiger partial charge in [0.05, 0.1) is 18.6 Å². The van der Waals surface area contributed by atoms with Crippen LogP contribution in [0.1, 0.15) is 5.56 Å². The monoisotopic (exact) mass is 543 g/mol. The lowest BCUT2D eigenvalue weighted by Crippen LogP contribution is -2.46. The summed E-state index contributed by atoms with van der Waals surface area (Å²) in [6, 6.07) is 6.47. The molecule has 1 aliphatic carbocycles. The van der Waals surface area contributed by atoms with Crippen LogP contribution in [0.2, 0.25) is 0 Å². The third kappa shape index (κ3) is 5.71. The Bertz CT molecular complexity index is 1500. The van der Waals surface area contributed by atoms with Crippen LogP contribution < -0.4 is 25.7 Å². The molecule has 0 saturated carbocycles. The molecule has 1 aliphatic heterocycles. The van der Waals surface area contributed by atoms with Crippen molar-refractivity contribution in [2.45, 2.75) is 0 Å². The molecule has 35 heavy (non-hydrogen) atoms. The number of allylic oxidation sites excluding steroid dienone is 6. The number of methoxy groups -OCH3 is 1. The van der Waals surface area contributed by atoms with Crippen molar-refractivity contribution in [2.24, 2.45) is 0 Å². The molecule has 0 amide bonds. The van der Waals surface area contributed by atoms with Gasteiger partial charge in [-0.25, -0.2) is 9.37 Å². The second kappa shape index (κ2) is 9.91. The van der Waals surface area contributed by atoms with Gasteiger partial charge in [-0.2, -0.15) is 0 Å². The number of ether oxygens (including phenoxy) is 1. The molecule has 0 fully saturated rings. The van der Waals surface area contributed by atoms with E-state index in [1.165, 1.54) is 31.4 Å². The molecule has 1 aromatic heterocycles. The predicted octanol–water partition coefficient (Wildman–Crippen LogP) is 3.56. The van der Waals surface area contributed by atoms with Crippen molar-refractivity contribution in [1.29, 1.82) is 0 Å². The van der Waals surface area contributed by atoms with Crippen molar-refractivity contribution in [3.05, 3.63) is 97.4 Å². The molecule has 2 heterocycles. The molecule has 0 N–H and O–H groups in total. The Morgan fingerprint density at radius 2 is 1.77 bits per heavy atom. The third-order valence-corrected chi connectivity index (χ3v) is 5.66. The van der Waals surface area contributed by atoms with Gasteiger partial charge in [0.15, 0.2) is 5.71 Å². The third-order valence-electron chi connectivity index (χ3n) is 5.16. The topological polar surface area (TPSA) is 60.9 Å². The van der Waals surface area contributed by atoms with Gasteiger partial charge in [-0.05, 0) is 54.2 Å². The number of fused-ring (bicyclic) bond motifs is 1. The van der Waals surface area contributed by atoms with Crippen LogP contribution in [0.4, 0.5) is 8.63 Å². The summed E-state index contributed by atoms with van der Waals surface area (Å²) in [6.45, 7) is 0. The Kier molecular flexibility index (Phi) is 6.93. The number of rotatable bonds is 4. The van der Waals surface area contributed by atoms with Crippen LogP contribution in [0, 0.1) is 0 Å². The van der Waals surface area contributed by atoms with Gasteiger partial charge in [0.1, 0.15) is 30.5 Å². The Hall–Kier alpha value is -3.66. The number of benzene rings is 1. The SMILES string of the molecule is COc1ccc(Br)cc1/C=C/C1=c2c(cc(=CC=C3C=CC(=[N+](C)C)C=C3)oc2=O)O[B-](F)(F)O1. The Balaban J connectivity index is 1.77. The fourth-order valence-corrected chi connectivity index (χ4v) is 3.83. The summed E-state index contributed by atoms with van der Waals surface area (Å²) in [7, 11) is 0.674. The summed E-state index contributed by atoms with van der Waals surface area (Å²) in [6.07, 6.45) is 13.6. The largest absolute Gasteiger partial charge is 0.725 e. The van der Waals surface area contributed by atoms with E-state index in [4.69, 9.17) is 18.5 Å². The second-order valence-corrected chi connectivity index (χ2v) is 8.77. The molecule has 0 bridgehead atoms. The molecule has 0 spiro atoms. The second-order valence-electron chi connectivity index (χ2n) is 7.85. The molecule has 4 rings (SSSR count). The first-order valence-corrected chi connectivity index (χ1v) is 11.3. The molecule has 0 unspecified atom stereocenters. The van der Waals surface area contributed by atoms with Gasteiger partial charge >= 0.3 is 12.7 Å². The molecule has 180 valence electrons. The van der Waals surface area contributed by atoms with E-state index in [9.17, 15) is 13.4 Å². The van der Waals surface area contributed by atoms with E-state index in [2.05, 4.69) is 15.9 Å². The van der Waals surface area contributed by atoms with Gasteiger partial charge in [-0.3, -0.25) is 0 Å². The Labute approximate surface area is 208 Å². The van der Waals surface area contributed by atoms with E-state index in [0.717, 1.165) is 15.8 Å². The molecule has 0 saturated heterocycles. The van der Waals surface area contributed by atoms with E-state index in [-0.39, 0.29) is 22.1 Å². The summed E-state index contributed by atoms with van der Waals surface area (Å²) >= 11 is 3.36. The average Bonchev–Trinajstić information content (AvgIpc) is 2.80. The van der Waals surface area contributed by atoms with Crippen molar-refractivity contribution in [2.75, 3.05) is 21.2 Å². The highest BCUT2D eigenvalue weighted by molar-refractivity contribution is 9.10. The van der Waals surface area contributed by atoms with Crippen LogP contribution in [0.3, 0.4) is 0 Å². The first kappa shape index (κ1) is 24.5. The molecule has 0 radical (unpaired) electrons. The lowest BCUT2D eigenvalue weighted by molar-refractivity contribution is -0.462. The quantitative estimate of drug-likeness (QED) is 0.436. The molecule has 0 atom stereocenters. The van der Waals surface area contributed by atoms with Crippen molar-refractivity contribution < 1.29 is 31.7 Å². The van der Waals surface area contributed by atoms with Crippen molar-refractivity contribution in [1.82, 2.24) is 0 Å². The van der Waals surface area contributed by atoms with Crippen LogP contribution in [0.5, 0.6) is 11.5 Å². The first-order chi connectivity index (χ1) is 16.6. The summed E-state index contributed by atoms with van der Waals surface area (Å²) < 4.78 is 51.3. The molecule has 6 nitrogen and oxygen atoms in total. The molecular formula is C25H21BBrF2NO5. The molecule has 10 heteroatoms. The lowest BCUT2D eigenvalue weighted by Gasteiger charge is -2.32. The van der Waals surface area contributed by atoms with Gasteiger partial charge in [0.25, 0.3) is 0 Å². The average molecular weight is 544 g/mol. The standard InChI is InChI=1S/C25H21BBrF2NO5/c1-30(2)19-9-4-16(5-10-19)6-11-20-15-23-24(25(31)33-20)22(34-26(28,29)35-23)12-7-17-14-18(27)8-13-21(17)32-3/h4-15H,1-3H3/b12-7+,20-11?. The minimum absolute atomic E-state index is 0.0657. The van der Waals surface area contributed by atoms with Gasteiger partial charge < -0.3 is 27.1 Å². The van der Waals surface area contributed by atoms with E-state index in [1.54, 1.807) is 24.3 Å². The van der Waals surface area contributed by atoms with Crippen molar-refractivity contribution >= 4 is 46.7 Å². The highest BCUT2D eigenvalue weighted by Gasteiger charge is 2.38. The smallest absolute Gasteiger partial charge is 0.627 e. The zero-order chi connectivity index (χ0) is 25.2. The highest BCUT2D eigenvalue weighted by Crippen LogP contribution is 2.27. The number of halogens is 3. The summed E-state index contributed by atoms with van der Waals surface area (Å²) in [4.78, 5) is 12.7. The zero-order valence-electron chi connectivity index (χ0n) is 19.1. The van der Waals surface area contributed by atoms with E-state index in [1.807, 2.05) is 43.0 Å². The normalized spacial score (nSPS) is 16.7. The minimum atomic E-state index is -4.69. The minimum Gasteiger partial charge on any atom is -0.627 e. The van der Waals surface area contributed by atoms with Crippen LogP contribution in [-0.4, -0.2) is 38.6 Å². The summed E-state index contributed by atoms with van der Waals surface area (Å²) in [5.74, 6) is -0.163. The van der Waals surface area contributed by atoms with Crippen molar-refractivity contribution in [3.63, 3.8) is 0 Å². The molecular weight excluding hydrogens is 523 g/mol. The Morgan fingerprint density at radius 1 is 1.03 bits per heavy atom. The summed E-state index contributed by atoms with van der Waals surface area (Å²) in [5, 5.41) is -0.226. The fourth-order valence-electron chi connectivity index (χ4n) is 3.45. The molecule has 2 aromatic rings. The first-order valence-electron chi connectivity index (χ1n) is 10.6. The Morgan fingerprint density at radius 3 is 2.46 bits per heavy atom. The van der Waals surface area contributed by atoms with Crippen molar-refractivity contribution in [3.8, 4) is 11.5 Å². The maximum atomic E-state index is 14.3. The van der Waals surface area contributed by atoms with Crippen LogP contribution in [0.25, 0.3) is 17.9 Å². The molecule has 2 aliphatic rings. The van der Waals surface area contributed by atoms with E-state index in [0.29, 0.717) is 11.3 Å². The van der Waals surface area contributed by atoms with Gasteiger partial charge in [0.2, 0.25) is 0 Å². The van der Waals surface area contributed by atoms with E-state index >= 15 is 0 Å². The number of hydrogen-bond donors (Lipinski definition) is 0. The summed E-state index contributed by atoms with van der Waals surface area (Å²) in [5.41, 5.74) is 1.66.